The third-order valence-electron chi connectivity index (χ3n) is 1.98. The van der Waals surface area contributed by atoms with Gasteiger partial charge < -0.3 is 10.8 Å². The molecule has 0 aliphatic rings. The highest BCUT2D eigenvalue weighted by Gasteiger charge is 2.51. The Kier molecular flexibility index (Phi) is 2.82. The molecule has 1 unspecified atom stereocenters. The molecule has 0 saturated carbocycles. The topological polar surface area (TPSA) is 44.0 Å². The number of hydrogen-bond acceptors (Lipinski definition) is 1. The number of hydrogen-bond donors (Lipinski definition) is 1. The molecule has 1 aromatic carbocycles. The molecular weight excluding hydrogens is 195 g/mol. The van der Waals surface area contributed by atoms with Gasteiger partial charge in [-0.3, -0.25) is 0 Å². The predicted octanol–water partition coefficient (Wildman–Crippen LogP) is 2.49. The van der Waals surface area contributed by atoms with Gasteiger partial charge in [-0.25, -0.2) is 0 Å². The van der Waals surface area contributed by atoms with Crippen molar-refractivity contribution in [3.63, 3.8) is 0 Å². The SMILES string of the molecule is [NH-]CC(O)(c1ccccc1)C(F)(F)F. The van der Waals surface area contributed by atoms with Crippen LogP contribution in [0.4, 0.5) is 13.2 Å². The van der Waals surface area contributed by atoms with Gasteiger partial charge in [0.1, 0.15) is 0 Å². The zero-order valence-electron chi connectivity index (χ0n) is 7.17. The maximum Gasteiger partial charge on any atom is 0.419 e. The van der Waals surface area contributed by atoms with Crippen molar-refractivity contribution in [2.45, 2.75) is 11.8 Å². The molecule has 0 fully saturated rings. The zero-order valence-corrected chi connectivity index (χ0v) is 7.17. The van der Waals surface area contributed by atoms with Crippen molar-refractivity contribution >= 4 is 0 Å². The lowest BCUT2D eigenvalue weighted by Crippen LogP contribution is -2.44. The number of alkyl halides is 3. The summed E-state index contributed by atoms with van der Waals surface area (Å²) in [5.41, 5.74) is 3.42. The molecule has 0 aromatic heterocycles. The highest BCUT2D eigenvalue weighted by atomic mass is 19.4. The lowest BCUT2D eigenvalue weighted by Gasteiger charge is -2.33. The second-order valence-corrected chi connectivity index (χ2v) is 2.90. The van der Waals surface area contributed by atoms with E-state index in [1.807, 2.05) is 0 Å². The maximum absolute atomic E-state index is 12.4. The normalized spacial score (nSPS) is 16.4. The fourth-order valence-electron chi connectivity index (χ4n) is 1.08. The van der Waals surface area contributed by atoms with E-state index >= 15 is 0 Å². The Bertz CT molecular complexity index is 299. The van der Waals surface area contributed by atoms with E-state index in [2.05, 4.69) is 0 Å². The van der Waals surface area contributed by atoms with Crippen molar-refractivity contribution in [1.29, 1.82) is 0 Å². The van der Waals surface area contributed by atoms with Crippen LogP contribution in [-0.4, -0.2) is 17.8 Å². The number of rotatable bonds is 2. The average Bonchev–Trinajstić information content (AvgIpc) is 2.16. The summed E-state index contributed by atoms with van der Waals surface area (Å²) in [6, 6.07) is 6.64. The molecule has 0 spiro atoms. The Hall–Kier alpha value is -1.07. The van der Waals surface area contributed by atoms with Crippen LogP contribution in [0.15, 0.2) is 30.3 Å². The van der Waals surface area contributed by atoms with Crippen LogP contribution in [0.1, 0.15) is 5.56 Å². The summed E-state index contributed by atoms with van der Waals surface area (Å²) in [7, 11) is 0. The van der Waals surface area contributed by atoms with Crippen molar-refractivity contribution in [1.82, 2.24) is 0 Å². The summed E-state index contributed by atoms with van der Waals surface area (Å²) in [5.74, 6) is 0. The Labute approximate surface area is 79.2 Å². The van der Waals surface area contributed by atoms with Crippen LogP contribution in [0.3, 0.4) is 0 Å². The van der Waals surface area contributed by atoms with Gasteiger partial charge in [0.05, 0.1) is 0 Å². The van der Waals surface area contributed by atoms with Crippen LogP contribution in [-0.2, 0) is 5.60 Å². The molecule has 2 N–H and O–H groups in total. The van der Waals surface area contributed by atoms with Crippen molar-refractivity contribution in [3.8, 4) is 0 Å². The first-order chi connectivity index (χ1) is 6.42. The first-order valence-corrected chi connectivity index (χ1v) is 3.91. The number of aliphatic hydroxyl groups is 1. The average molecular weight is 204 g/mol. The van der Waals surface area contributed by atoms with Crippen LogP contribution < -0.4 is 0 Å². The highest BCUT2D eigenvalue weighted by molar-refractivity contribution is 5.25. The van der Waals surface area contributed by atoms with Crippen molar-refractivity contribution < 1.29 is 18.3 Å². The third kappa shape index (κ3) is 1.73. The largest absolute Gasteiger partial charge is 0.675 e. The number of benzene rings is 1. The van der Waals surface area contributed by atoms with E-state index in [0.717, 1.165) is 12.1 Å². The molecule has 1 rings (SSSR count). The Morgan fingerprint density at radius 2 is 1.64 bits per heavy atom. The summed E-state index contributed by atoms with van der Waals surface area (Å²) in [4.78, 5) is 0. The van der Waals surface area contributed by atoms with Crippen molar-refractivity contribution in [2.75, 3.05) is 6.54 Å². The van der Waals surface area contributed by atoms with Crippen LogP contribution in [0.5, 0.6) is 0 Å². The van der Waals surface area contributed by atoms with E-state index < -0.39 is 18.3 Å². The predicted molar refractivity (Wildman–Crippen MR) is 45.6 cm³/mol. The van der Waals surface area contributed by atoms with Crippen molar-refractivity contribution in [2.24, 2.45) is 0 Å². The quantitative estimate of drug-likeness (QED) is 0.790. The maximum atomic E-state index is 12.4. The molecule has 1 atom stereocenters. The Balaban J connectivity index is 3.15. The summed E-state index contributed by atoms with van der Waals surface area (Å²) < 4.78 is 37.3. The molecule has 0 heterocycles. The molecular formula is C9H9F3NO-. The molecule has 0 bridgehead atoms. The summed E-state index contributed by atoms with van der Waals surface area (Å²) in [6.07, 6.45) is -4.82. The molecule has 1 aromatic rings. The van der Waals surface area contributed by atoms with Gasteiger partial charge in [0, 0.05) is 0 Å². The monoisotopic (exact) mass is 204 g/mol. The third-order valence-corrected chi connectivity index (χ3v) is 1.98. The van der Waals surface area contributed by atoms with E-state index in [1.54, 1.807) is 6.07 Å². The zero-order chi connectivity index (χ0) is 10.8. The van der Waals surface area contributed by atoms with Gasteiger partial charge in [0.15, 0.2) is 5.60 Å². The second kappa shape index (κ2) is 3.59. The van der Waals surface area contributed by atoms with Gasteiger partial charge in [0.25, 0.3) is 0 Å². The summed E-state index contributed by atoms with van der Waals surface area (Å²) in [6.45, 7) is -1.14. The van der Waals surface area contributed by atoms with Gasteiger partial charge in [-0.05, 0) is 5.56 Å². The van der Waals surface area contributed by atoms with Crippen LogP contribution in [0, 0.1) is 0 Å². The van der Waals surface area contributed by atoms with Crippen molar-refractivity contribution in [3.05, 3.63) is 41.6 Å². The first-order valence-electron chi connectivity index (χ1n) is 3.91. The minimum Gasteiger partial charge on any atom is -0.675 e. The summed E-state index contributed by atoms with van der Waals surface area (Å²) in [5, 5.41) is 9.32. The van der Waals surface area contributed by atoms with E-state index in [0.29, 0.717) is 0 Å². The van der Waals surface area contributed by atoms with Crippen LogP contribution >= 0.6 is 0 Å². The Morgan fingerprint density at radius 1 is 1.14 bits per heavy atom. The molecule has 78 valence electrons. The molecule has 14 heavy (non-hydrogen) atoms. The molecule has 0 radical (unpaired) electrons. The molecule has 2 nitrogen and oxygen atoms in total. The molecule has 0 saturated heterocycles. The lowest BCUT2D eigenvalue weighted by atomic mass is 9.93. The van der Waals surface area contributed by atoms with E-state index in [9.17, 15) is 18.3 Å². The van der Waals surface area contributed by atoms with Crippen LogP contribution in [0.25, 0.3) is 5.73 Å². The molecule has 5 heteroatoms. The van der Waals surface area contributed by atoms with Crippen LogP contribution in [0.2, 0.25) is 0 Å². The molecule has 0 aliphatic carbocycles. The second-order valence-electron chi connectivity index (χ2n) is 2.90. The molecule has 0 amide bonds. The minimum atomic E-state index is -4.82. The van der Waals surface area contributed by atoms with Gasteiger partial charge in [-0.15, -0.1) is 6.54 Å². The standard InChI is InChI=1S/C9H9F3NO/c10-9(11,12)8(14,6-13)7-4-2-1-3-5-7/h1-5,13-14H,6H2/q-1. The van der Waals surface area contributed by atoms with Gasteiger partial charge in [-0.1, -0.05) is 30.3 Å². The van der Waals surface area contributed by atoms with Gasteiger partial charge >= 0.3 is 6.18 Å². The smallest absolute Gasteiger partial charge is 0.419 e. The van der Waals surface area contributed by atoms with E-state index in [-0.39, 0.29) is 5.56 Å². The number of nitrogens with one attached hydrogen (secondary N) is 1. The number of halogens is 3. The van der Waals surface area contributed by atoms with Gasteiger partial charge in [-0.2, -0.15) is 13.2 Å². The first kappa shape index (κ1) is 11.0. The highest BCUT2D eigenvalue weighted by Crippen LogP contribution is 2.38. The summed E-state index contributed by atoms with van der Waals surface area (Å²) >= 11 is 0. The van der Waals surface area contributed by atoms with E-state index in [1.165, 1.54) is 12.1 Å². The van der Waals surface area contributed by atoms with E-state index in [4.69, 9.17) is 5.73 Å². The minimum absolute atomic E-state index is 0.303. The Morgan fingerprint density at radius 3 is 2.00 bits per heavy atom. The fraction of sp³-hybridized carbons (Fsp3) is 0.333. The fourth-order valence-corrected chi connectivity index (χ4v) is 1.08. The lowest BCUT2D eigenvalue weighted by molar-refractivity contribution is -0.259. The molecule has 0 aliphatic heterocycles. The van der Waals surface area contributed by atoms with Gasteiger partial charge in [0.2, 0.25) is 0 Å².